The number of hydrogen-bond acceptors (Lipinski definition) is 4. The Morgan fingerprint density at radius 2 is 1.54 bits per heavy atom. The largest absolute Gasteiger partial charge is 0.444 e. The molecule has 4 unspecified atom stereocenters. The van der Waals surface area contributed by atoms with Crippen LogP contribution in [0.25, 0.3) is 0 Å². The van der Waals surface area contributed by atoms with E-state index in [4.69, 9.17) is 4.74 Å². The third-order valence-electron chi connectivity index (χ3n) is 6.12. The summed E-state index contributed by atoms with van der Waals surface area (Å²) in [6.07, 6.45) is 0.170. The molecule has 0 bridgehead atoms. The molecule has 0 aliphatic heterocycles. The zero-order valence-electron chi connectivity index (χ0n) is 23.4. The molecule has 0 saturated heterocycles. The first-order chi connectivity index (χ1) is 15.9. The summed E-state index contributed by atoms with van der Waals surface area (Å²) >= 11 is 0. The maximum absolute atomic E-state index is 14.2. The molecule has 4 atom stereocenters. The molecule has 0 heterocycles. The van der Waals surface area contributed by atoms with E-state index in [-0.39, 0.29) is 29.7 Å². The molecule has 0 spiro atoms. The Labute approximate surface area is 211 Å². The molecule has 1 aliphatic carbocycles. The Balaban J connectivity index is 2.58. The van der Waals surface area contributed by atoms with Crippen LogP contribution in [0.5, 0.6) is 0 Å². The fourth-order valence-electron chi connectivity index (χ4n) is 4.37. The highest BCUT2D eigenvalue weighted by Crippen LogP contribution is 2.42. The van der Waals surface area contributed by atoms with Gasteiger partial charge in [-0.2, -0.15) is 0 Å². The number of aryl methyl sites for hydroxylation is 2. The predicted octanol–water partition coefficient (Wildman–Crippen LogP) is 5.05. The van der Waals surface area contributed by atoms with E-state index >= 15 is 0 Å². The summed E-state index contributed by atoms with van der Waals surface area (Å²) in [4.78, 5) is 42.4. The highest BCUT2D eigenvalue weighted by atomic mass is 16.6. The smallest absolute Gasteiger partial charge is 0.408 e. The summed E-state index contributed by atoms with van der Waals surface area (Å²) in [5, 5.41) is 5.89. The van der Waals surface area contributed by atoms with Gasteiger partial charge in [0.15, 0.2) is 0 Å². The molecular weight excluding hydrogens is 442 g/mol. The van der Waals surface area contributed by atoms with Gasteiger partial charge in [0.1, 0.15) is 17.7 Å². The maximum atomic E-state index is 14.2. The second-order valence-electron chi connectivity index (χ2n) is 12.3. The van der Waals surface area contributed by atoms with Crippen LogP contribution in [0.4, 0.5) is 4.79 Å². The first kappa shape index (κ1) is 28.7. The standard InChI is InChI=1S/C28H45N3O4/c1-16(2)22(29-26(34)35-28(9,10)11)25(33)31(20-15-19(20)5)23(24(32)30-27(6,7)8)21-17(3)13-12-14-18(21)4/h12-14,16,19-20,22-23H,15H2,1-11H3,(H,29,34)(H,30,32). The van der Waals surface area contributed by atoms with E-state index in [0.717, 1.165) is 23.1 Å². The van der Waals surface area contributed by atoms with Crippen LogP contribution in [0.3, 0.4) is 0 Å². The molecule has 7 heteroatoms. The second kappa shape index (κ2) is 10.6. The van der Waals surface area contributed by atoms with Gasteiger partial charge in [0.05, 0.1) is 0 Å². The van der Waals surface area contributed by atoms with Gasteiger partial charge in [0, 0.05) is 11.6 Å². The van der Waals surface area contributed by atoms with Gasteiger partial charge in [-0.25, -0.2) is 4.79 Å². The minimum absolute atomic E-state index is 0.0843. The van der Waals surface area contributed by atoms with E-state index in [0.29, 0.717) is 0 Å². The number of hydrogen-bond donors (Lipinski definition) is 2. The number of benzene rings is 1. The zero-order valence-corrected chi connectivity index (χ0v) is 23.4. The summed E-state index contributed by atoms with van der Waals surface area (Å²) in [5.74, 6) is -0.419. The fraction of sp³-hybridized carbons (Fsp3) is 0.679. The number of nitrogens with zero attached hydrogens (tertiary/aromatic N) is 1. The Morgan fingerprint density at radius 3 is 1.94 bits per heavy atom. The van der Waals surface area contributed by atoms with E-state index in [1.807, 2.05) is 66.7 Å². The van der Waals surface area contributed by atoms with Crippen molar-refractivity contribution in [2.75, 3.05) is 0 Å². The number of carbonyl (C=O) groups is 3. The molecule has 2 N–H and O–H groups in total. The molecular formula is C28H45N3O4. The number of ether oxygens (including phenoxy) is 1. The molecule has 1 saturated carbocycles. The van der Waals surface area contributed by atoms with E-state index < -0.39 is 29.3 Å². The van der Waals surface area contributed by atoms with Crippen molar-refractivity contribution in [3.05, 3.63) is 34.9 Å². The van der Waals surface area contributed by atoms with E-state index in [9.17, 15) is 14.4 Å². The van der Waals surface area contributed by atoms with Gasteiger partial charge >= 0.3 is 6.09 Å². The van der Waals surface area contributed by atoms with Crippen molar-refractivity contribution in [2.45, 2.75) is 112 Å². The summed E-state index contributed by atoms with van der Waals surface area (Å²) < 4.78 is 5.44. The number of alkyl carbamates (subject to hydrolysis) is 1. The van der Waals surface area contributed by atoms with E-state index in [2.05, 4.69) is 17.6 Å². The van der Waals surface area contributed by atoms with Crippen molar-refractivity contribution in [1.82, 2.24) is 15.5 Å². The van der Waals surface area contributed by atoms with Crippen LogP contribution in [-0.4, -0.2) is 46.0 Å². The third-order valence-corrected chi connectivity index (χ3v) is 6.12. The lowest BCUT2D eigenvalue weighted by atomic mass is 9.92. The van der Waals surface area contributed by atoms with Gasteiger partial charge in [-0.3, -0.25) is 9.59 Å². The number of nitrogens with one attached hydrogen (secondary N) is 2. The van der Waals surface area contributed by atoms with Crippen LogP contribution in [-0.2, 0) is 14.3 Å². The van der Waals surface area contributed by atoms with Crippen LogP contribution in [0, 0.1) is 25.7 Å². The SMILES string of the molecule is Cc1cccc(C)c1C(C(=O)NC(C)(C)C)N(C(=O)C(NC(=O)OC(C)(C)C)C(C)C)C1CC1C. The monoisotopic (exact) mass is 487 g/mol. The third kappa shape index (κ3) is 7.71. The number of amides is 3. The minimum atomic E-state index is -0.827. The molecule has 1 aromatic carbocycles. The van der Waals surface area contributed by atoms with Crippen LogP contribution in [0.2, 0.25) is 0 Å². The fourth-order valence-corrected chi connectivity index (χ4v) is 4.37. The Hall–Kier alpha value is -2.57. The lowest BCUT2D eigenvalue weighted by Crippen LogP contribution is -2.57. The van der Waals surface area contributed by atoms with Crippen molar-refractivity contribution in [2.24, 2.45) is 11.8 Å². The molecule has 1 fully saturated rings. The first-order valence-corrected chi connectivity index (χ1v) is 12.6. The first-order valence-electron chi connectivity index (χ1n) is 12.6. The predicted molar refractivity (Wildman–Crippen MR) is 139 cm³/mol. The molecule has 35 heavy (non-hydrogen) atoms. The lowest BCUT2D eigenvalue weighted by Gasteiger charge is -2.38. The molecule has 0 aromatic heterocycles. The average molecular weight is 488 g/mol. The van der Waals surface area contributed by atoms with Crippen molar-refractivity contribution < 1.29 is 19.1 Å². The molecule has 3 amide bonds. The van der Waals surface area contributed by atoms with Gasteiger partial charge < -0.3 is 20.3 Å². The molecule has 196 valence electrons. The average Bonchev–Trinajstić information content (AvgIpc) is 3.37. The van der Waals surface area contributed by atoms with Crippen molar-refractivity contribution >= 4 is 17.9 Å². The lowest BCUT2D eigenvalue weighted by molar-refractivity contribution is -0.145. The highest BCUT2D eigenvalue weighted by Gasteiger charge is 2.49. The summed E-state index contributed by atoms with van der Waals surface area (Å²) in [5.41, 5.74) is 1.58. The Kier molecular flexibility index (Phi) is 8.67. The molecule has 1 aliphatic rings. The second-order valence-corrected chi connectivity index (χ2v) is 12.3. The van der Waals surface area contributed by atoms with E-state index in [1.54, 1.807) is 25.7 Å². The number of carbonyl (C=O) groups excluding carboxylic acids is 3. The summed E-state index contributed by atoms with van der Waals surface area (Å²) in [7, 11) is 0. The molecule has 7 nitrogen and oxygen atoms in total. The van der Waals surface area contributed by atoms with Crippen LogP contribution < -0.4 is 10.6 Å². The van der Waals surface area contributed by atoms with Crippen molar-refractivity contribution in [3.8, 4) is 0 Å². The van der Waals surface area contributed by atoms with Gasteiger partial charge in [-0.1, -0.05) is 39.0 Å². The van der Waals surface area contributed by atoms with Crippen LogP contribution in [0.15, 0.2) is 18.2 Å². The van der Waals surface area contributed by atoms with Gasteiger partial charge in [0.2, 0.25) is 11.8 Å². The zero-order chi connectivity index (χ0) is 26.9. The normalized spacial score (nSPS) is 19.5. The minimum Gasteiger partial charge on any atom is -0.444 e. The maximum Gasteiger partial charge on any atom is 0.408 e. The van der Waals surface area contributed by atoms with Crippen LogP contribution in [0.1, 0.15) is 91.5 Å². The van der Waals surface area contributed by atoms with Gasteiger partial charge in [-0.15, -0.1) is 0 Å². The summed E-state index contributed by atoms with van der Waals surface area (Å²) in [6, 6.07) is 4.18. The number of rotatable bonds is 7. The molecule has 0 radical (unpaired) electrons. The van der Waals surface area contributed by atoms with Gasteiger partial charge in [-0.05, 0) is 90.3 Å². The van der Waals surface area contributed by atoms with Crippen LogP contribution >= 0.6 is 0 Å². The molecule has 1 aromatic rings. The van der Waals surface area contributed by atoms with E-state index in [1.165, 1.54) is 0 Å². The van der Waals surface area contributed by atoms with Crippen molar-refractivity contribution in [3.63, 3.8) is 0 Å². The topological polar surface area (TPSA) is 87.7 Å². The summed E-state index contributed by atoms with van der Waals surface area (Å²) in [6.45, 7) is 20.9. The van der Waals surface area contributed by atoms with Crippen molar-refractivity contribution in [1.29, 1.82) is 0 Å². The Bertz CT molecular complexity index is 922. The highest BCUT2D eigenvalue weighted by molar-refractivity contribution is 5.93. The van der Waals surface area contributed by atoms with Gasteiger partial charge in [0.25, 0.3) is 0 Å². The Morgan fingerprint density at radius 1 is 1.03 bits per heavy atom. The quantitative estimate of drug-likeness (QED) is 0.564. The molecule has 2 rings (SSSR count).